The normalized spacial score (nSPS) is 13.4. The van der Waals surface area contributed by atoms with Crippen LogP contribution < -0.4 is 0 Å². The van der Waals surface area contributed by atoms with Gasteiger partial charge in [0.05, 0.1) is 5.56 Å². The average molecular weight is 252 g/mol. The van der Waals surface area contributed by atoms with E-state index >= 15 is 0 Å². The number of benzene rings is 1. The number of hydrogen-bond acceptors (Lipinski definition) is 1. The molecule has 94 valence electrons. The molecule has 1 N–H and O–H groups in total. The van der Waals surface area contributed by atoms with E-state index in [1.807, 2.05) is 12.1 Å². The zero-order valence-electron chi connectivity index (χ0n) is 10.7. The summed E-state index contributed by atoms with van der Waals surface area (Å²) in [7, 11) is 2.78. The number of carboxylic acids is 1. The zero-order valence-corrected chi connectivity index (χ0v) is 11.9. The second kappa shape index (κ2) is 5.64. The molecule has 0 heterocycles. The average Bonchev–Trinajstić information content (AvgIpc) is 2.25. The highest BCUT2D eigenvalue weighted by Gasteiger charge is 2.19. The zero-order chi connectivity index (χ0) is 13.1. The van der Waals surface area contributed by atoms with Crippen molar-refractivity contribution in [3.05, 3.63) is 35.4 Å². The van der Waals surface area contributed by atoms with Crippen molar-refractivity contribution in [2.45, 2.75) is 33.1 Å². The Labute approximate surface area is 106 Å². The third-order valence-corrected chi connectivity index (χ3v) is 3.34. The first-order valence-corrected chi connectivity index (χ1v) is 6.68. The van der Waals surface area contributed by atoms with Crippen LogP contribution in [-0.2, 0) is 0 Å². The van der Waals surface area contributed by atoms with E-state index in [1.54, 1.807) is 12.1 Å². The Morgan fingerprint density at radius 2 is 1.82 bits per heavy atom. The Morgan fingerprint density at radius 3 is 2.18 bits per heavy atom. The van der Waals surface area contributed by atoms with Crippen LogP contribution in [0, 0.1) is 5.41 Å². The second-order valence-corrected chi connectivity index (χ2v) is 6.10. The summed E-state index contributed by atoms with van der Waals surface area (Å²) in [4.78, 5) is 10.8. The molecule has 0 aromatic heterocycles. The summed E-state index contributed by atoms with van der Waals surface area (Å²) in [5.74, 6) is -0.391. The fraction of sp³-hybridized carbons (Fsp3) is 0.500. The predicted octanol–water partition coefficient (Wildman–Crippen LogP) is 3.78. The Balaban J connectivity index is 2.86. The maximum Gasteiger partial charge on any atom is 0.335 e. The molecule has 0 aliphatic carbocycles. The highest BCUT2D eigenvalue weighted by molar-refractivity contribution is 7.16. The van der Waals surface area contributed by atoms with Gasteiger partial charge in [-0.05, 0) is 41.6 Å². The summed E-state index contributed by atoms with van der Waals surface area (Å²) in [5, 5.41) is 8.85. The summed E-state index contributed by atoms with van der Waals surface area (Å²) >= 11 is 0. The fourth-order valence-corrected chi connectivity index (χ4v) is 2.41. The van der Waals surface area contributed by atoms with E-state index in [1.165, 1.54) is 5.56 Å². The van der Waals surface area contributed by atoms with Crippen molar-refractivity contribution in [1.82, 2.24) is 0 Å². The molecule has 1 aromatic rings. The van der Waals surface area contributed by atoms with Crippen molar-refractivity contribution in [1.29, 1.82) is 0 Å². The molecule has 0 fully saturated rings. The molecule has 2 unspecified atom stereocenters. The van der Waals surface area contributed by atoms with Gasteiger partial charge in [-0.25, -0.2) is 4.79 Å². The lowest BCUT2D eigenvalue weighted by atomic mass is 9.82. The van der Waals surface area contributed by atoms with Gasteiger partial charge in [0.15, 0.2) is 0 Å². The molecule has 0 spiro atoms. The standard InChI is InChI=1S/C14H21O2P/c1-14(2,3)8-12(9-17)10-4-6-11(7-5-10)13(15)16/h4-7,12H,8-9,17H2,1-3H3,(H,15,16). The minimum atomic E-state index is -0.866. The molecule has 0 amide bonds. The number of hydrogen-bond donors (Lipinski definition) is 1. The maximum atomic E-state index is 10.8. The Hall–Kier alpha value is -0.880. The molecule has 2 atom stereocenters. The van der Waals surface area contributed by atoms with E-state index in [0.717, 1.165) is 12.6 Å². The first kappa shape index (κ1) is 14.2. The Kier molecular flexibility index (Phi) is 4.70. The second-order valence-electron chi connectivity index (χ2n) is 5.62. The maximum absolute atomic E-state index is 10.8. The monoisotopic (exact) mass is 252 g/mol. The molecule has 0 bridgehead atoms. The third-order valence-electron chi connectivity index (χ3n) is 2.77. The van der Waals surface area contributed by atoms with Gasteiger partial charge in [-0.2, -0.15) is 0 Å². The molecule has 0 saturated carbocycles. The third kappa shape index (κ3) is 4.47. The van der Waals surface area contributed by atoms with Gasteiger partial charge in [0.25, 0.3) is 0 Å². The number of carboxylic acid groups (broad SMARTS) is 1. The van der Waals surface area contributed by atoms with E-state index in [2.05, 4.69) is 30.0 Å². The van der Waals surface area contributed by atoms with Gasteiger partial charge in [-0.1, -0.05) is 32.9 Å². The molecule has 0 aliphatic heterocycles. The number of carbonyl (C=O) groups is 1. The van der Waals surface area contributed by atoms with Crippen molar-refractivity contribution in [3.8, 4) is 0 Å². The van der Waals surface area contributed by atoms with Crippen LogP contribution >= 0.6 is 9.24 Å². The summed E-state index contributed by atoms with van der Waals surface area (Å²) in [6.45, 7) is 6.68. The lowest BCUT2D eigenvalue weighted by Gasteiger charge is -2.25. The van der Waals surface area contributed by atoms with Crippen LogP contribution in [0.3, 0.4) is 0 Å². The van der Waals surface area contributed by atoms with E-state index in [-0.39, 0.29) is 5.41 Å². The molecule has 0 radical (unpaired) electrons. The molecule has 3 heteroatoms. The van der Waals surface area contributed by atoms with E-state index < -0.39 is 5.97 Å². The molecular weight excluding hydrogens is 231 g/mol. The van der Waals surface area contributed by atoms with Crippen molar-refractivity contribution < 1.29 is 9.90 Å². The van der Waals surface area contributed by atoms with Crippen LogP contribution in [0.25, 0.3) is 0 Å². The van der Waals surface area contributed by atoms with Crippen molar-refractivity contribution in [3.63, 3.8) is 0 Å². The Morgan fingerprint density at radius 1 is 1.29 bits per heavy atom. The van der Waals surface area contributed by atoms with Gasteiger partial charge in [0.1, 0.15) is 0 Å². The van der Waals surface area contributed by atoms with E-state index in [9.17, 15) is 4.79 Å². The van der Waals surface area contributed by atoms with Gasteiger partial charge >= 0.3 is 5.97 Å². The molecule has 2 nitrogen and oxygen atoms in total. The van der Waals surface area contributed by atoms with Crippen LogP contribution in [0.5, 0.6) is 0 Å². The topological polar surface area (TPSA) is 37.3 Å². The van der Waals surface area contributed by atoms with E-state index in [4.69, 9.17) is 5.11 Å². The minimum absolute atomic E-state index is 0.284. The molecule has 0 aliphatic rings. The number of rotatable bonds is 4. The van der Waals surface area contributed by atoms with Gasteiger partial charge < -0.3 is 5.11 Å². The molecule has 0 saturated heterocycles. The quantitative estimate of drug-likeness (QED) is 0.828. The van der Waals surface area contributed by atoms with Gasteiger partial charge in [0.2, 0.25) is 0 Å². The summed E-state index contributed by atoms with van der Waals surface area (Å²) in [5.41, 5.74) is 1.86. The first-order valence-electron chi connectivity index (χ1n) is 5.87. The fourth-order valence-electron chi connectivity index (χ4n) is 1.97. The lowest BCUT2D eigenvalue weighted by Crippen LogP contribution is -2.13. The van der Waals surface area contributed by atoms with Crippen LogP contribution in [0.15, 0.2) is 24.3 Å². The van der Waals surface area contributed by atoms with Crippen LogP contribution in [0.4, 0.5) is 0 Å². The van der Waals surface area contributed by atoms with Crippen molar-refractivity contribution in [2.24, 2.45) is 5.41 Å². The van der Waals surface area contributed by atoms with Gasteiger partial charge in [-0.15, -0.1) is 9.24 Å². The highest BCUT2D eigenvalue weighted by Crippen LogP contribution is 2.32. The minimum Gasteiger partial charge on any atom is -0.478 e. The van der Waals surface area contributed by atoms with Gasteiger partial charge in [-0.3, -0.25) is 0 Å². The van der Waals surface area contributed by atoms with Crippen LogP contribution in [0.2, 0.25) is 0 Å². The number of aromatic carboxylic acids is 1. The molecule has 1 aromatic carbocycles. The Bertz CT molecular complexity index is 376. The first-order chi connectivity index (χ1) is 7.83. The van der Waals surface area contributed by atoms with E-state index in [0.29, 0.717) is 11.5 Å². The summed E-state index contributed by atoms with van der Waals surface area (Å²) < 4.78 is 0. The SMILES string of the molecule is CC(C)(C)CC(CP)c1ccc(C(=O)O)cc1. The predicted molar refractivity (Wildman–Crippen MR) is 74.8 cm³/mol. The van der Waals surface area contributed by atoms with Gasteiger partial charge in [0, 0.05) is 0 Å². The molecule has 17 heavy (non-hydrogen) atoms. The summed E-state index contributed by atoms with van der Waals surface area (Å²) in [6.07, 6.45) is 2.10. The lowest BCUT2D eigenvalue weighted by molar-refractivity contribution is 0.0697. The summed E-state index contributed by atoms with van der Waals surface area (Å²) in [6, 6.07) is 7.25. The molecule has 1 rings (SSSR count). The smallest absolute Gasteiger partial charge is 0.335 e. The largest absolute Gasteiger partial charge is 0.478 e. The van der Waals surface area contributed by atoms with Crippen molar-refractivity contribution >= 4 is 15.2 Å². The van der Waals surface area contributed by atoms with Crippen LogP contribution in [0.1, 0.15) is 49.0 Å². The molecular formula is C14H21O2P. The van der Waals surface area contributed by atoms with Crippen molar-refractivity contribution in [2.75, 3.05) is 6.16 Å². The highest BCUT2D eigenvalue weighted by atomic mass is 31.0. The van der Waals surface area contributed by atoms with Crippen LogP contribution in [-0.4, -0.2) is 17.2 Å².